The van der Waals surface area contributed by atoms with Crippen LogP contribution in [0.2, 0.25) is 5.02 Å². The van der Waals surface area contributed by atoms with Crippen molar-refractivity contribution in [3.8, 4) is 0 Å². The number of thiophene rings is 1. The molecule has 3 nitrogen and oxygen atoms in total. The van der Waals surface area contributed by atoms with E-state index < -0.39 is 5.60 Å². The molecule has 0 aliphatic rings. The highest BCUT2D eigenvalue weighted by Gasteiger charge is 2.21. The number of hydrogen-bond acceptors (Lipinski definition) is 4. The van der Waals surface area contributed by atoms with Gasteiger partial charge in [0.25, 0.3) is 0 Å². The Hall–Kier alpha value is -1.17. The fourth-order valence-electron chi connectivity index (χ4n) is 2.65. The molecule has 0 bridgehead atoms. The summed E-state index contributed by atoms with van der Waals surface area (Å²) in [5.74, 6) is 0.900. The molecule has 1 aromatic heterocycles. The summed E-state index contributed by atoms with van der Waals surface area (Å²) in [4.78, 5) is 16.6. The van der Waals surface area contributed by atoms with E-state index in [-0.39, 0.29) is 6.09 Å². The summed E-state index contributed by atoms with van der Waals surface area (Å²) in [7, 11) is 0. The molecule has 0 aliphatic heterocycles. The van der Waals surface area contributed by atoms with Gasteiger partial charge in [-0.1, -0.05) is 23.7 Å². The number of benzene rings is 1. The SMILES string of the molecule is CCN(CCc1c(C)ccc(Cl)c1SCc1cccs1)C(=O)OC(C)(C)C. The molecule has 2 aromatic rings. The second-order valence-corrected chi connectivity index (χ2v) is 9.78. The Labute approximate surface area is 176 Å². The van der Waals surface area contributed by atoms with Crippen LogP contribution in [-0.4, -0.2) is 29.7 Å². The molecule has 27 heavy (non-hydrogen) atoms. The predicted molar refractivity (Wildman–Crippen MR) is 117 cm³/mol. The van der Waals surface area contributed by atoms with Gasteiger partial charge in [0.1, 0.15) is 5.60 Å². The number of carbonyl (C=O) groups excluding carboxylic acids is 1. The summed E-state index contributed by atoms with van der Waals surface area (Å²) in [6.45, 7) is 11.0. The number of ether oxygens (including phenoxy) is 1. The Balaban J connectivity index is 2.12. The Kier molecular flexibility index (Phi) is 8.07. The highest BCUT2D eigenvalue weighted by molar-refractivity contribution is 7.98. The van der Waals surface area contributed by atoms with Gasteiger partial charge in [0, 0.05) is 28.6 Å². The van der Waals surface area contributed by atoms with Crippen LogP contribution in [0.4, 0.5) is 4.79 Å². The number of amides is 1. The van der Waals surface area contributed by atoms with E-state index in [2.05, 4.69) is 30.5 Å². The van der Waals surface area contributed by atoms with Crippen molar-refractivity contribution in [3.63, 3.8) is 0 Å². The summed E-state index contributed by atoms with van der Waals surface area (Å²) < 4.78 is 5.52. The van der Waals surface area contributed by atoms with Gasteiger partial charge in [-0.15, -0.1) is 23.1 Å². The van der Waals surface area contributed by atoms with E-state index in [0.29, 0.717) is 13.1 Å². The van der Waals surface area contributed by atoms with Crippen LogP contribution >= 0.6 is 34.7 Å². The van der Waals surface area contributed by atoms with Crippen LogP contribution in [0.25, 0.3) is 0 Å². The third kappa shape index (κ3) is 6.74. The first-order valence-corrected chi connectivity index (χ1v) is 11.4. The van der Waals surface area contributed by atoms with Crippen LogP contribution in [0.1, 0.15) is 43.7 Å². The van der Waals surface area contributed by atoms with E-state index in [1.165, 1.54) is 16.0 Å². The first-order chi connectivity index (χ1) is 12.7. The lowest BCUT2D eigenvalue weighted by atomic mass is 10.1. The van der Waals surface area contributed by atoms with E-state index in [9.17, 15) is 4.79 Å². The average molecular weight is 426 g/mol. The minimum Gasteiger partial charge on any atom is -0.444 e. The molecule has 148 valence electrons. The molecule has 1 aromatic carbocycles. The van der Waals surface area contributed by atoms with Crippen molar-refractivity contribution in [2.45, 2.75) is 57.3 Å². The number of carbonyl (C=O) groups is 1. The topological polar surface area (TPSA) is 29.5 Å². The van der Waals surface area contributed by atoms with Crippen molar-refractivity contribution in [2.75, 3.05) is 13.1 Å². The standard InChI is InChI=1S/C21H28ClNO2S2/c1-6-23(20(24)25-21(3,4)5)12-11-17-15(2)9-10-18(22)19(17)27-14-16-8-7-13-26-16/h7-10,13H,6,11-12,14H2,1-5H3. The quantitative estimate of drug-likeness (QED) is 0.456. The van der Waals surface area contributed by atoms with Gasteiger partial charge in [0.05, 0.1) is 5.02 Å². The maximum Gasteiger partial charge on any atom is 0.410 e. The van der Waals surface area contributed by atoms with Gasteiger partial charge < -0.3 is 9.64 Å². The van der Waals surface area contributed by atoms with Crippen molar-refractivity contribution < 1.29 is 9.53 Å². The number of halogens is 1. The summed E-state index contributed by atoms with van der Waals surface area (Å²) >= 11 is 10.0. The van der Waals surface area contributed by atoms with Crippen LogP contribution in [0, 0.1) is 6.92 Å². The minimum atomic E-state index is -0.488. The first kappa shape index (κ1) is 22.1. The molecule has 1 amide bonds. The lowest BCUT2D eigenvalue weighted by molar-refractivity contribution is 0.0262. The highest BCUT2D eigenvalue weighted by Crippen LogP contribution is 2.36. The van der Waals surface area contributed by atoms with Crippen molar-refractivity contribution in [2.24, 2.45) is 0 Å². The maximum absolute atomic E-state index is 12.4. The van der Waals surface area contributed by atoms with Crippen LogP contribution in [0.5, 0.6) is 0 Å². The summed E-state index contributed by atoms with van der Waals surface area (Å²) in [5.41, 5.74) is 1.93. The van der Waals surface area contributed by atoms with E-state index >= 15 is 0 Å². The molecule has 0 radical (unpaired) electrons. The highest BCUT2D eigenvalue weighted by atomic mass is 35.5. The van der Waals surface area contributed by atoms with Crippen LogP contribution in [0.15, 0.2) is 34.5 Å². The van der Waals surface area contributed by atoms with Crippen molar-refractivity contribution in [3.05, 3.63) is 50.7 Å². The largest absolute Gasteiger partial charge is 0.444 e. The second-order valence-electron chi connectivity index (χ2n) is 7.35. The molecule has 0 spiro atoms. The first-order valence-electron chi connectivity index (χ1n) is 9.12. The molecule has 0 N–H and O–H groups in total. The lowest BCUT2D eigenvalue weighted by Crippen LogP contribution is -2.38. The van der Waals surface area contributed by atoms with Gasteiger partial charge in [-0.3, -0.25) is 0 Å². The van der Waals surface area contributed by atoms with Crippen molar-refractivity contribution >= 4 is 40.8 Å². The molecule has 0 fully saturated rings. The van der Waals surface area contributed by atoms with E-state index in [0.717, 1.165) is 22.1 Å². The zero-order valence-electron chi connectivity index (χ0n) is 16.7. The third-order valence-electron chi connectivity index (χ3n) is 4.05. The normalized spacial score (nSPS) is 11.5. The lowest BCUT2D eigenvalue weighted by Gasteiger charge is -2.27. The number of rotatable bonds is 7. The molecule has 2 rings (SSSR count). The van der Waals surface area contributed by atoms with Gasteiger partial charge in [0.15, 0.2) is 0 Å². The Morgan fingerprint density at radius 2 is 2.04 bits per heavy atom. The third-order valence-corrected chi connectivity index (χ3v) is 6.75. The second kappa shape index (κ2) is 9.85. The molecule has 0 aliphatic carbocycles. The molecule has 1 heterocycles. The Morgan fingerprint density at radius 3 is 2.63 bits per heavy atom. The van der Waals surface area contributed by atoms with Gasteiger partial charge in [-0.05, 0) is 69.7 Å². The van der Waals surface area contributed by atoms with E-state index in [1.807, 2.05) is 33.8 Å². The zero-order valence-corrected chi connectivity index (χ0v) is 19.1. The number of likely N-dealkylation sites (N-methyl/N-ethyl adjacent to an activating group) is 1. The van der Waals surface area contributed by atoms with Gasteiger partial charge in [-0.2, -0.15) is 0 Å². The number of thioether (sulfide) groups is 1. The molecular weight excluding hydrogens is 398 g/mol. The van der Waals surface area contributed by atoms with Crippen molar-refractivity contribution in [1.82, 2.24) is 4.90 Å². The maximum atomic E-state index is 12.4. The monoisotopic (exact) mass is 425 g/mol. The van der Waals surface area contributed by atoms with Gasteiger partial charge in [-0.25, -0.2) is 4.79 Å². The molecule has 0 unspecified atom stereocenters. The van der Waals surface area contributed by atoms with Gasteiger partial charge in [0.2, 0.25) is 0 Å². The zero-order chi connectivity index (χ0) is 20.0. The van der Waals surface area contributed by atoms with E-state index in [4.69, 9.17) is 16.3 Å². The van der Waals surface area contributed by atoms with Crippen LogP contribution < -0.4 is 0 Å². The molecular formula is C21H28ClNO2S2. The van der Waals surface area contributed by atoms with E-state index in [1.54, 1.807) is 28.0 Å². The number of hydrogen-bond donors (Lipinski definition) is 0. The van der Waals surface area contributed by atoms with Gasteiger partial charge >= 0.3 is 6.09 Å². The number of nitrogens with zero attached hydrogens (tertiary/aromatic N) is 1. The summed E-state index contributed by atoms with van der Waals surface area (Å²) in [6, 6.07) is 8.22. The van der Waals surface area contributed by atoms with Crippen LogP contribution in [0.3, 0.4) is 0 Å². The Morgan fingerprint density at radius 1 is 1.30 bits per heavy atom. The molecule has 0 saturated carbocycles. The van der Waals surface area contributed by atoms with Crippen molar-refractivity contribution in [1.29, 1.82) is 0 Å². The smallest absolute Gasteiger partial charge is 0.410 e. The minimum absolute atomic E-state index is 0.266. The molecule has 6 heteroatoms. The molecule has 0 atom stereocenters. The fourth-order valence-corrected chi connectivity index (χ4v) is 4.96. The predicted octanol–water partition coefficient (Wildman–Crippen LogP) is 6.80. The Bertz CT molecular complexity index is 754. The average Bonchev–Trinajstić information content (AvgIpc) is 3.09. The van der Waals surface area contributed by atoms with Crippen LogP contribution in [-0.2, 0) is 16.9 Å². The summed E-state index contributed by atoms with van der Waals surface area (Å²) in [5, 5.41) is 2.87. The summed E-state index contributed by atoms with van der Waals surface area (Å²) in [6.07, 6.45) is 0.490. The fraction of sp³-hybridized carbons (Fsp3) is 0.476. The number of aryl methyl sites for hydroxylation is 1. The molecule has 0 saturated heterocycles.